The lowest BCUT2D eigenvalue weighted by atomic mass is 10.1. The van der Waals surface area contributed by atoms with E-state index in [0.29, 0.717) is 13.1 Å². The van der Waals surface area contributed by atoms with Gasteiger partial charge in [0, 0.05) is 18.7 Å². The largest absolute Gasteiger partial charge is 0.496 e. The van der Waals surface area contributed by atoms with Gasteiger partial charge >= 0.3 is 0 Å². The molecule has 1 aliphatic rings. The minimum absolute atomic E-state index is 0.0854. The molecule has 0 saturated carbocycles. The standard InChI is InChI=1S/C20H30N2O2/c1-4-13-22(16-18-11-7-8-12-19(18)24-3)20(23)17(2)21-14-9-5-6-10-15-21/h4,7-8,11-12,17H,1,5-6,9-10,13-16H2,2-3H3. The van der Waals surface area contributed by atoms with Crippen LogP contribution in [0.3, 0.4) is 0 Å². The average molecular weight is 330 g/mol. The number of likely N-dealkylation sites (tertiary alicyclic amines) is 1. The number of para-hydroxylation sites is 1. The molecule has 24 heavy (non-hydrogen) atoms. The van der Waals surface area contributed by atoms with Crippen molar-refractivity contribution in [2.75, 3.05) is 26.7 Å². The summed E-state index contributed by atoms with van der Waals surface area (Å²) in [7, 11) is 1.67. The van der Waals surface area contributed by atoms with Crippen LogP contribution < -0.4 is 4.74 Å². The summed E-state index contributed by atoms with van der Waals surface area (Å²) in [6.07, 6.45) is 6.71. The maximum Gasteiger partial charge on any atom is 0.240 e. The highest BCUT2D eigenvalue weighted by molar-refractivity contribution is 5.81. The third kappa shape index (κ3) is 4.84. The second kappa shape index (κ2) is 9.48. The first-order chi connectivity index (χ1) is 11.7. The minimum Gasteiger partial charge on any atom is -0.496 e. The predicted molar refractivity (Wildman–Crippen MR) is 98.1 cm³/mol. The zero-order valence-corrected chi connectivity index (χ0v) is 15.0. The van der Waals surface area contributed by atoms with Crippen molar-refractivity contribution in [3.8, 4) is 5.75 Å². The van der Waals surface area contributed by atoms with Crippen LogP contribution >= 0.6 is 0 Å². The van der Waals surface area contributed by atoms with E-state index >= 15 is 0 Å². The summed E-state index contributed by atoms with van der Waals surface area (Å²) in [5.74, 6) is 0.990. The number of amides is 1. The molecule has 1 amide bonds. The Morgan fingerprint density at radius 1 is 1.29 bits per heavy atom. The lowest BCUT2D eigenvalue weighted by Gasteiger charge is -2.32. The monoisotopic (exact) mass is 330 g/mol. The van der Waals surface area contributed by atoms with Gasteiger partial charge in [-0.15, -0.1) is 6.58 Å². The molecule has 0 radical (unpaired) electrons. The number of carbonyl (C=O) groups is 1. The topological polar surface area (TPSA) is 32.8 Å². The van der Waals surface area contributed by atoms with Crippen LogP contribution in [0.4, 0.5) is 0 Å². The first-order valence-electron chi connectivity index (χ1n) is 8.93. The van der Waals surface area contributed by atoms with Gasteiger partial charge in [-0.2, -0.15) is 0 Å². The molecule has 0 aromatic heterocycles. The zero-order valence-electron chi connectivity index (χ0n) is 15.0. The Balaban J connectivity index is 2.10. The van der Waals surface area contributed by atoms with Crippen molar-refractivity contribution in [3.05, 3.63) is 42.5 Å². The molecule has 132 valence electrons. The van der Waals surface area contributed by atoms with E-state index in [4.69, 9.17) is 4.74 Å². The zero-order chi connectivity index (χ0) is 17.4. The summed E-state index contributed by atoms with van der Waals surface area (Å²) in [4.78, 5) is 17.2. The minimum atomic E-state index is -0.0854. The van der Waals surface area contributed by atoms with Gasteiger partial charge < -0.3 is 9.64 Å². The maximum atomic E-state index is 13.0. The average Bonchev–Trinajstić information content (AvgIpc) is 2.90. The van der Waals surface area contributed by atoms with Crippen LogP contribution in [0, 0.1) is 0 Å². The van der Waals surface area contributed by atoms with E-state index in [1.807, 2.05) is 36.1 Å². The molecule has 2 rings (SSSR count). The molecule has 1 atom stereocenters. The van der Waals surface area contributed by atoms with Crippen LogP contribution in [0.1, 0.15) is 38.2 Å². The van der Waals surface area contributed by atoms with Crippen LogP contribution in [0.2, 0.25) is 0 Å². The molecule has 0 bridgehead atoms. The summed E-state index contributed by atoms with van der Waals surface area (Å²) >= 11 is 0. The molecule has 4 heteroatoms. The molecule has 0 spiro atoms. The van der Waals surface area contributed by atoms with Crippen LogP contribution in [0.15, 0.2) is 36.9 Å². The van der Waals surface area contributed by atoms with Crippen molar-refractivity contribution in [3.63, 3.8) is 0 Å². The Kier molecular flexibility index (Phi) is 7.32. The molecule has 1 aliphatic heterocycles. The molecule has 1 aromatic carbocycles. The number of methoxy groups -OCH3 is 1. The van der Waals surface area contributed by atoms with Gasteiger partial charge in [0.05, 0.1) is 13.2 Å². The highest BCUT2D eigenvalue weighted by Crippen LogP contribution is 2.21. The Hall–Kier alpha value is -1.81. The van der Waals surface area contributed by atoms with Crippen LogP contribution in [-0.4, -0.2) is 48.5 Å². The van der Waals surface area contributed by atoms with Crippen molar-refractivity contribution in [2.45, 2.75) is 45.2 Å². The van der Waals surface area contributed by atoms with Gasteiger partial charge in [0.2, 0.25) is 5.91 Å². The second-order valence-electron chi connectivity index (χ2n) is 6.45. The van der Waals surface area contributed by atoms with Crippen molar-refractivity contribution in [2.24, 2.45) is 0 Å². The highest BCUT2D eigenvalue weighted by Gasteiger charge is 2.26. The fraction of sp³-hybridized carbons (Fsp3) is 0.550. The van der Waals surface area contributed by atoms with E-state index in [2.05, 4.69) is 11.5 Å². The summed E-state index contributed by atoms with van der Waals surface area (Å²) < 4.78 is 5.42. The van der Waals surface area contributed by atoms with E-state index in [0.717, 1.165) is 24.4 Å². The third-order valence-electron chi connectivity index (χ3n) is 4.76. The SMILES string of the molecule is C=CCN(Cc1ccccc1OC)C(=O)C(C)N1CCCCCC1. The number of ether oxygens (including phenoxy) is 1. The van der Waals surface area contributed by atoms with Gasteiger partial charge in [0.1, 0.15) is 5.75 Å². The Morgan fingerprint density at radius 2 is 1.96 bits per heavy atom. The summed E-state index contributed by atoms with van der Waals surface area (Å²) in [6.45, 7) is 8.98. The predicted octanol–water partition coefficient (Wildman–Crippen LogP) is 3.47. The second-order valence-corrected chi connectivity index (χ2v) is 6.45. The van der Waals surface area contributed by atoms with E-state index in [-0.39, 0.29) is 11.9 Å². The fourth-order valence-corrected chi connectivity index (χ4v) is 3.33. The first-order valence-corrected chi connectivity index (χ1v) is 8.93. The van der Waals surface area contributed by atoms with Crippen molar-refractivity contribution >= 4 is 5.91 Å². The molecule has 0 aliphatic carbocycles. The first kappa shape index (κ1) is 18.5. The van der Waals surface area contributed by atoms with E-state index in [1.165, 1.54) is 25.7 Å². The van der Waals surface area contributed by atoms with Crippen LogP contribution in [0.5, 0.6) is 5.75 Å². The molecule has 0 N–H and O–H groups in total. The lowest BCUT2D eigenvalue weighted by Crippen LogP contribution is -2.47. The molecule has 1 fully saturated rings. The number of hydrogen-bond acceptors (Lipinski definition) is 3. The highest BCUT2D eigenvalue weighted by atomic mass is 16.5. The van der Waals surface area contributed by atoms with Gasteiger partial charge in [-0.1, -0.05) is 37.1 Å². The summed E-state index contributed by atoms with van der Waals surface area (Å²) in [6, 6.07) is 7.79. The molecule has 1 saturated heterocycles. The van der Waals surface area contributed by atoms with Crippen LogP contribution in [-0.2, 0) is 11.3 Å². The van der Waals surface area contributed by atoms with Crippen molar-refractivity contribution in [1.82, 2.24) is 9.80 Å². The Bertz CT molecular complexity index is 536. The van der Waals surface area contributed by atoms with Gasteiger partial charge in [-0.25, -0.2) is 0 Å². The van der Waals surface area contributed by atoms with E-state index in [9.17, 15) is 4.79 Å². The van der Waals surface area contributed by atoms with Crippen molar-refractivity contribution < 1.29 is 9.53 Å². The third-order valence-corrected chi connectivity index (χ3v) is 4.76. The number of nitrogens with zero attached hydrogens (tertiary/aromatic N) is 2. The number of benzene rings is 1. The fourth-order valence-electron chi connectivity index (χ4n) is 3.33. The van der Waals surface area contributed by atoms with Gasteiger partial charge in [-0.05, 0) is 38.9 Å². The smallest absolute Gasteiger partial charge is 0.240 e. The molecular weight excluding hydrogens is 300 g/mol. The summed E-state index contributed by atoms with van der Waals surface area (Å²) in [5, 5.41) is 0. The van der Waals surface area contributed by atoms with Gasteiger partial charge in [0.25, 0.3) is 0 Å². The molecule has 1 unspecified atom stereocenters. The number of carbonyl (C=O) groups excluding carboxylic acids is 1. The summed E-state index contributed by atoms with van der Waals surface area (Å²) in [5.41, 5.74) is 1.03. The van der Waals surface area contributed by atoms with Crippen LogP contribution in [0.25, 0.3) is 0 Å². The quantitative estimate of drug-likeness (QED) is 0.718. The van der Waals surface area contributed by atoms with Gasteiger partial charge in [0.15, 0.2) is 0 Å². The lowest BCUT2D eigenvalue weighted by molar-refractivity contribution is -0.136. The molecular formula is C20H30N2O2. The van der Waals surface area contributed by atoms with Gasteiger partial charge in [-0.3, -0.25) is 9.69 Å². The Labute approximate surface area is 146 Å². The molecule has 1 heterocycles. The molecule has 4 nitrogen and oxygen atoms in total. The Morgan fingerprint density at radius 3 is 2.58 bits per heavy atom. The molecule has 1 aromatic rings. The maximum absolute atomic E-state index is 13.0. The number of rotatable bonds is 7. The van der Waals surface area contributed by atoms with E-state index in [1.54, 1.807) is 13.2 Å². The number of hydrogen-bond donors (Lipinski definition) is 0. The van der Waals surface area contributed by atoms with E-state index < -0.39 is 0 Å². The normalized spacial score (nSPS) is 16.9. The van der Waals surface area contributed by atoms with Crippen molar-refractivity contribution in [1.29, 1.82) is 0 Å².